The van der Waals surface area contributed by atoms with Crippen molar-refractivity contribution in [1.82, 2.24) is 29.5 Å². The third kappa shape index (κ3) is 7.38. The van der Waals surface area contributed by atoms with Crippen molar-refractivity contribution >= 4 is 51.4 Å². The number of anilines is 2. The molecule has 230 valence electrons. The second-order valence-corrected chi connectivity index (χ2v) is 12.8. The number of hydrogen-bond donors (Lipinski definition) is 3. The first kappa shape index (κ1) is 31.0. The number of aliphatic carboxylic acids is 1. The lowest BCUT2D eigenvalue weighted by Gasteiger charge is -2.41. The Morgan fingerprint density at radius 2 is 1.81 bits per heavy atom. The lowest BCUT2D eigenvalue weighted by Crippen LogP contribution is -2.49. The Kier molecular flexibility index (Phi) is 10.0. The number of carboxylic acids is 1. The summed E-state index contributed by atoms with van der Waals surface area (Å²) >= 11 is 7.65. The van der Waals surface area contributed by atoms with Crippen LogP contribution in [0.3, 0.4) is 0 Å². The van der Waals surface area contributed by atoms with Gasteiger partial charge in [-0.3, -0.25) is 9.69 Å². The quantitative estimate of drug-likeness (QED) is 0.250. The number of aromatic nitrogens is 4. The van der Waals surface area contributed by atoms with Crippen LogP contribution in [0.1, 0.15) is 43.5 Å². The van der Waals surface area contributed by atoms with Crippen molar-refractivity contribution in [2.75, 3.05) is 51.4 Å². The van der Waals surface area contributed by atoms with Crippen LogP contribution in [-0.4, -0.2) is 87.0 Å². The van der Waals surface area contributed by atoms with Crippen molar-refractivity contribution in [3.8, 4) is 17.0 Å². The number of rotatable bonds is 7. The number of carboxylic acid groups (broad SMARTS) is 1. The van der Waals surface area contributed by atoms with Gasteiger partial charge in [0.2, 0.25) is 0 Å². The van der Waals surface area contributed by atoms with Crippen LogP contribution in [0, 0.1) is 0 Å². The smallest absolute Gasteiger partial charge is 0.300 e. The SMILES string of the molecule is CC(=O)O.COc1cc(-c2nn([C@H]3CC[C@H](N4CCN(C)CC4)CC3)c3ncnc(N)c23)ccc1NCc1ccc(Cl)s1. The lowest BCUT2D eigenvalue weighted by atomic mass is 9.90. The molecule has 0 radical (unpaired) electrons. The normalized spacial score (nSPS) is 19.5. The van der Waals surface area contributed by atoms with E-state index in [0.717, 1.165) is 88.9 Å². The first-order chi connectivity index (χ1) is 20.7. The zero-order valence-electron chi connectivity index (χ0n) is 24.8. The number of carbonyl (C=O) groups is 1. The molecule has 11 nitrogen and oxygen atoms in total. The molecule has 6 rings (SSSR count). The van der Waals surface area contributed by atoms with Crippen LogP contribution in [0.2, 0.25) is 4.34 Å². The molecule has 2 aliphatic rings. The average molecular weight is 627 g/mol. The van der Waals surface area contributed by atoms with Gasteiger partial charge in [-0.1, -0.05) is 17.7 Å². The van der Waals surface area contributed by atoms with E-state index in [9.17, 15) is 0 Å². The van der Waals surface area contributed by atoms with Gasteiger partial charge in [-0.05, 0) is 57.0 Å². The van der Waals surface area contributed by atoms with Crippen molar-refractivity contribution in [3.63, 3.8) is 0 Å². The lowest BCUT2D eigenvalue weighted by molar-refractivity contribution is -0.134. The number of hydrogen-bond acceptors (Lipinski definition) is 10. The number of halogens is 1. The fraction of sp³-hybridized carbons (Fsp3) is 0.467. The zero-order chi connectivity index (χ0) is 30.5. The molecule has 13 heteroatoms. The highest BCUT2D eigenvalue weighted by Gasteiger charge is 2.30. The van der Waals surface area contributed by atoms with Gasteiger partial charge in [0.15, 0.2) is 5.65 Å². The summed E-state index contributed by atoms with van der Waals surface area (Å²) < 4.78 is 8.63. The minimum Gasteiger partial charge on any atom is -0.495 e. The number of nitrogens with two attached hydrogens (primary N) is 1. The molecule has 3 aromatic heterocycles. The maximum atomic E-state index is 9.00. The minimum absolute atomic E-state index is 0.291. The summed E-state index contributed by atoms with van der Waals surface area (Å²) in [6.45, 7) is 6.39. The fourth-order valence-electron chi connectivity index (χ4n) is 5.92. The molecule has 4 heterocycles. The molecule has 1 aliphatic heterocycles. The van der Waals surface area contributed by atoms with Crippen LogP contribution in [0.5, 0.6) is 5.75 Å². The Balaban J connectivity index is 0.000000868. The van der Waals surface area contributed by atoms with Gasteiger partial charge in [0.05, 0.1) is 28.6 Å². The molecule has 0 amide bonds. The Morgan fingerprint density at radius 1 is 1.12 bits per heavy atom. The molecule has 0 unspecified atom stereocenters. The summed E-state index contributed by atoms with van der Waals surface area (Å²) in [6.07, 6.45) is 6.05. The highest BCUT2D eigenvalue weighted by molar-refractivity contribution is 7.16. The fourth-order valence-corrected chi connectivity index (χ4v) is 6.95. The van der Waals surface area contributed by atoms with Crippen molar-refractivity contribution in [3.05, 3.63) is 45.9 Å². The van der Waals surface area contributed by atoms with Crippen LogP contribution in [-0.2, 0) is 11.3 Å². The number of methoxy groups -OCH3 is 1. The monoisotopic (exact) mass is 626 g/mol. The number of benzene rings is 1. The molecule has 2 fully saturated rings. The average Bonchev–Trinajstić information content (AvgIpc) is 3.60. The Morgan fingerprint density at radius 3 is 2.47 bits per heavy atom. The van der Waals surface area contributed by atoms with E-state index in [4.69, 9.17) is 37.1 Å². The number of nitrogen functional groups attached to an aromatic ring is 1. The summed E-state index contributed by atoms with van der Waals surface area (Å²) in [5.74, 6) is 0.351. The first-order valence-electron chi connectivity index (χ1n) is 14.5. The van der Waals surface area contributed by atoms with Gasteiger partial charge in [0.25, 0.3) is 5.97 Å². The Labute approximate surface area is 260 Å². The number of nitrogens with one attached hydrogen (secondary N) is 1. The van der Waals surface area contributed by atoms with E-state index in [1.807, 2.05) is 24.3 Å². The molecular formula is C30H39ClN8O3S. The van der Waals surface area contributed by atoms with Gasteiger partial charge in [0, 0.05) is 56.1 Å². The predicted molar refractivity (Wildman–Crippen MR) is 172 cm³/mol. The second kappa shape index (κ2) is 13.9. The summed E-state index contributed by atoms with van der Waals surface area (Å²) in [4.78, 5) is 24.2. The third-order valence-electron chi connectivity index (χ3n) is 8.14. The second-order valence-electron chi connectivity index (χ2n) is 11.0. The van der Waals surface area contributed by atoms with Gasteiger partial charge in [-0.25, -0.2) is 14.6 Å². The van der Waals surface area contributed by atoms with Gasteiger partial charge in [-0.15, -0.1) is 11.3 Å². The molecular weight excluding hydrogens is 588 g/mol. The number of ether oxygens (including phenoxy) is 1. The van der Waals surface area contributed by atoms with Gasteiger partial charge >= 0.3 is 0 Å². The molecule has 1 saturated heterocycles. The van der Waals surface area contributed by atoms with Gasteiger partial charge in [0.1, 0.15) is 23.6 Å². The van der Waals surface area contributed by atoms with Gasteiger partial charge < -0.3 is 25.8 Å². The summed E-state index contributed by atoms with van der Waals surface area (Å²) in [5.41, 5.74) is 9.83. The van der Waals surface area contributed by atoms with E-state index < -0.39 is 5.97 Å². The number of thiophene rings is 1. The maximum absolute atomic E-state index is 9.00. The third-order valence-corrected chi connectivity index (χ3v) is 9.37. The van der Waals surface area contributed by atoms with E-state index in [-0.39, 0.29) is 0 Å². The predicted octanol–water partition coefficient (Wildman–Crippen LogP) is 5.23. The van der Waals surface area contributed by atoms with Crippen molar-refractivity contribution in [2.24, 2.45) is 0 Å². The van der Waals surface area contributed by atoms with Crippen LogP contribution >= 0.6 is 22.9 Å². The van der Waals surface area contributed by atoms with E-state index in [1.54, 1.807) is 24.8 Å². The first-order valence-corrected chi connectivity index (χ1v) is 15.7. The molecule has 1 saturated carbocycles. The van der Waals surface area contributed by atoms with Crippen molar-refractivity contribution in [1.29, 1.82) is 0 Å². The number of nitrogens with zero attached hydrogens (tertiary/aromatic N) is 6. The van der Waals surface area contributed by atoms with E-state index in [1.165, 1.54) is 12.8 Å². The van der Waals surface area contributed by atoms with E-state index in [2.05, 4.69) is 42.9 Å². The molecule has 4 N–H and O–H groups in total. The molecule has 0 bridgehead atoms. The molecule has 43 heavy (non-hydrogen) atoms. The zero-order valence-corrected chi connectivity index (χ0v) is 26.4. The largest absolute Gasteiger partial charge is 0.495 e. The highest BCUT2D eigenvalue weighted by Crippen LogP contribution is 2.39. The summed E-state index contributed by atoms with van der Waals surface area (Å²) in [7, 11) is 3.89. The molecule has 0 spiro atoms. The molecule has 1 aliphatic carbocycles. The van der Waals surface area contributed by atoms with Crippen LogP contribution < -0.4 is 15.8 Å². The van der Waals surface area contributed by atoms with Crippen molar-refractivity contribution in [2.45, 2.75) is 51.2 Å². The van der Waals surface area contributed by atoms with Gasteiger partial charge in [-0.2, -0.15) is 5.10 Å². The number of likely N-dealkylation sites (N-methyl/N-ethyl adjacent to an activating group) is 1. The van der Waals surface area contributed by atoms with Crippen LogP contribution in [0.4, 0.5) is 11.5 Å². The summed E-state index contributed by atoms with van der Waals surface area (Å²) in [5, 5.41) is 16.8. The van der Waals surface area contributed by atoms with Crippen LogP contribution in [0.15, 0.2) is 36.7 Å². The van der Waals surface area contributed by atoms with E-state index in [0.29, 0.717) is 24.4 Å². The van der Waals surface area contributed by atoms with E-state index >= 15 is 0 Å². The minimum atomic E-state index is -0.833. The summed E-state index contributed by atoms with van der Waals surface area (Å²) in [6, 6.07) is 11.0. The molecule has 0 atom stereocenters. The number of fused-ring (bicyclic) bond motifs is 1. The Bertz CT molecular complexity index is 1540. The van der Waals surface area contributed by atoms with Crippen molar-refractivity contribution < 1.29 is 14.6 Å². The number of piperazine rings is 1. The molecule has 4 aromatic rings. The standard InChI is InChI=1S/C28H35ClN8OS.C2H4O2/c1-35-11-13-36(14-12-35)19-4-6-20(7-5-19)37-28-25(27(30)32-17-33-28)26(34-37)18-3-9-22(23(15-18)38-2)31-16-21-8-10-24(29)39-21;1-2(3)4/h3,8-10,15,17,19-20,31H,4-7,11-14,16H2,1-2H3,(H2,30,32,33);1H3,(H,3,4)/t19-,20-;. The Hall–Kier alpha value is -3.45. The van der Waals surface area contributed by atoms with Crippen LogP contribution in [0.25, 0.3) is 22.3 Å². The maximum Gasteiger partial charge on any atom is 0.300 e. The highest BCUT2D eigenvalue weighted by atomic mass is 35.5. The topological polar surface area (TPSA) is 135 Å². The molecule has 1 aromatic carbocycles.